The Labute approximate surface area is 278 Å². The van der Waals surface area contributed by atoms with E-state index in [4.69, 9.17) is 23.2 Å². The van der Waals surface area contributed by atoms with Gasteiger partial charge in [-0.15, -0.1) is 11.3 Å². The number of amides is 3. The highest BCUT2D eigenvalue weighted by molar-refractivity contribution is 7.15. The van der Waals surface area contributed by atoms with Crippen LogP contribution in [0.5, 0.6) is 0 Å². The number of likely N-dealkylation sites (tertiary alicyclic amines) is 2. The van der Waals surface area contributed by atoms with Crippen LogP contribution in [0.15, 0.2) is 42.6 Å². The molecule has 12 heteroatoms. The fourth-order valence-electron chi connectivity index (χ4n) is 7.02. The summed E-state index contributed by atoms with van der Waals surface area (Å²) in [6.07, 6.45) is 3.36. The molecule has 45 heavy (non-hydrogen) atoms. The zero-order valence-electron chi connectivity index (χ0n) is 25.8. The number of benzene rings is 2. The Morgan fingerprint density at radius 2 is 1.69 bits per heavy atom. The second-order valence-electron chi connectivity index (χ2n) is 12.4. The van der Waals surface area contributed by atoms with Gasteiger partial charge in [0.25, 0.3) is 5.91 Å². The highest BCUT2D eigenvalue weighted by Gasteiger charge is 2.43. The summed E-state index contributed by atoms with van der Waals surface area (Å²) in [6, 6.07) is 11.9. The third kappa shape index (κ3) is 7.20. The smallest absolute Gasteiger partial charge is 0.254 e. The van der Waals surface area contributed by atoms with Crippen molar-refractivity contribution in [3.8, 4) is 0 Å². The lowest BCUT2D eigenvalue weighted by Gasteiger charge is -2.42. The van der Waals surface area contributed by atoms with E-state index in [2.05, 4.69) is 26.2 Å². The molecule has 238 valence electrons. The van der Waals surface area contributed by atoms with Gasteiger partial charge >= 0.3 is 0 Å². The molecular weight excluding hydrogens is 631 g/mol. The van der Waals surface area contributed by atoms with Crippen molar-refractivity contribution in [3.05, 3.63) is 79.8 Å². The van der Waals surface area contributed by atoms with Crippen LogP contribution in [-0.2, 0) is 16.1 Å². The van der Waals surface area contributed by atoms with Gasteiger partial charge < -0.3 is 15.1 Å². The lowest BCUT2D eigenvalue weighted by Crippen LogP contribution is -2.53. The largest absolute Gasteiger partial charge is 0.334 e. The zero-order valence-corrected chi connectivity index (χ0v) is 28.1. The summed E-state index contributed by atoms with van der Waals surface area (Å²) in [5.41, 5.74) is 3.64. The number of carbonyl (C=O) groups excluding carboxylic acids is 3. The number of rotatable bonds is 8. The van der Waals surface area contributed by atoms with Crippen LogP contribution in [0.4, 0.5) is 5.13 Å². The maximum Gasteiger partial charge on any atom is 0.254 e. The predicted molar refractivity (Wildman–Crippen MR) is 178 cm³/mol. The first kappa shape index (κ1) is 31.9. The number of halogens is 2. The van der Waals surface area contributed by atoms with Gasteiger partial charge in [-0.1, -0.05) is 46.5 Å². The Hall–Kier alpha value is -3.02. The molecule has 3 aliphatic rings. The second kappa shape index (κ2) is 13.4. The standard InChI is InChI=1S/C33H38Cl2N6O3S/c1-20-10-21(2)12-24(11-20)32(44)39-8-9-41(30(19-39)23-4-5-28(34)29(35)13-23)31(43)6-7-38-16-26-14-25(38)17-40(26)18-27-15-36-33(45-27)37-22(3)42/h4-5,10-13,15,25-26,30H,6-9,14,16-19H2,1-3H3,(H,36,37,42)/t25-,26-,30-/m0/s1. The molecule has 0 unspecified atom stereocenters. The van der Waals surface area contributed by atoms with Gasteiger partial charge in [0.2, 0.25) is 11.8 Å². The van der Waals surface area contributed by atoms with Crippen molar-refractivity contribution in [1.29, 1.82) is 0 Å². The molecule has 2 aromatic carbocycles. The second-order valence-corrected chi connectivity index (χ2v) is 14.4. The molecule has 3 saturated heterocycles. The molecule has 3 atom stereocenters. The fourth-order valence-corrected chi connectivity index (χ4v) is 8.21. The Bertz CT molecular complexity index is 1590. The van der Waals surface area contributed by atoms with Crippen LogP contribution in [-0.4, -0.2) is 93.7 Å². The van der Waals surface area contributed by atoms with Crippen LogP contribution in [0, 0.1) is 13.8 Å². The highest BCUT2D eigenvalue weighted by Crippen LogP contribution is 2.35. The van der Waals surface area contributed by atoms with E-state index in [9.17, 15) is 14.4 Å². The molecule has 3 aliphatic heterocycles. The van der Waals surface area contributed by atoms with Crippen molar-refractivity contribution in [3.63, 3.8) is 0 Å². The van der Waals surface area contributed by atoms with Crippen molar-refractivity contribution < 1.29 is 14.4 Å². The lowest BCUT2D eigenvalue weighted by molar-refractivity contribution is -0.136. The molecule has 1 aromatic heterocycles. The minimum Gasteiger partial charge on any atom is -0.334 e. The predicted octanol–water partition coefficient (Wildman–Crippen LogP) is 5.40. The molecule has 1 N–H and O–H groups in total. The zero-order chi connectivity index (χ0) is 31.8. The number of nitrogens with zero attached hydrogens (tertiary/aromatic N) is 5. The van der Waals surface area contributed by atoms with Gasteiger partial charge in [0.1, 0.15) is 0 Å². The number of hydrogen-bond acceptors (Lipinski definition) is 7. The Morgan fingerprint density at radius 3 is 2.38 bits per heavy atom. The number of anilines is 1. The van der Waals surface area contributed by atoms with Crippen LogP contribution in [0.2, 0.25) is 10.0 Å². The number of fused-ring (bicyclic) bond motifs is 2. The van der Waals surface area contributed by atoms with E-state index in [0.717, 1.165) is 47.6 Å². The molecule has 0 radical (unpaired) electrons. The van der Waals surface area contributed by atoms with Crippen LogP contribution in [0.3, 0.4) is 0 Å². The van der Waals surface area contributed by atoms with Gasteiger partial charge in [0.15, 0.2) is 5.13 Å². The number of carbonyl (C=O) groups is 3. The fraction of sp³-hybridized carbons (Fsp3) is 0.455. The summed E-state index contributed by atoms with van der Waals surface area (Å²) < 4.78 is 0. The Kier molecular flexibility index (Phi) is 9.49. The summed E-state index contributed by atoms with van der Waals surface area (Å²) in [4.78, 5) is 52.9. The van der Waals surface area contributed by atoms with Crippen LogP contribution in [0.25, 0.3) is 0 Å². The monoisotopic (exact) mass is 668 g/mol. The lowest BCUT2D eigenvalue weighted by atomic mass is 10.00. The molecule has 0 saturated carbocycles. The number of aryl methyl sites for hydroxylation is 2. The van der Waals surface area contributed by atoms with Crippen LogP contribution >= 0.6 is 34.5 Å². The third-order valence-electron chi connectivity index (χ3n) is 9.06. The average Bonchev–Trinajstić information content (AvgIpc) is 3.72. The minimum absolute atomic E-state index is 0.0266. The van der Waals surface area contributed by atoms with E-state index >= 15 is 0 Å². The van der Waals surface area contributed by atoms with E-state index in [1.807, 2.05) is 54.1 Å². The molecule has 3 aromatic rings. The van der Waals surface area contributed by atoms with Gasteiger partial charge in [0, 0.05) is 87.9 Å². The Morgan fingerprint density at radius 1 is 0.956 bits per heavy atom. The van der Waals surface area contributed by atoms with Crippen molar-refractivity contribution in [1.82, 2.24) is 24.6 Å². The average molecular weight is 670 g/mol. The van der Waals surface area contributed by atoms with Crippen LogP contribution < -0.4 is 5.32 Å². The molecular formula is C33H38Cl2N6O3S. The van der Waals surface area contributed by atoms with Gasteiger partial charge in [-0.2, -0.15) is 0 Å². The summed E-state index contributed by atoms with van der Waals surface area (Å²) >= 11 is 14.2. The first-order valence-electron chi connectivity index (χ1n) is 15.4. The number of thiazole rings is 1. The van der Waals surface area contributed by atoms with Gasteiger partial charge in [-0.05, 0) is 50.1 Å². The molecule has 4 heterocycles. The van der Waals surface area contributed by atoms with E-state index < -0.39 is 0 Å². The first-order chi connectivity index (χ1) is 21.5. The first-order valence-corrected chi connectivity index (χ1v) is 16.9. The SMILES string of the molecule is CC(=O)Nc1ncc(CN2C[C@@H]3C[C@H]2CN3CCC(=O)N2CCN(C(=O)c3cc(C)cc(C)c3)C[C@H]2c2ccc(Cl)c(Cl)c2)s1. The molecule has 3 amide bonds. The Balaban J connectivity index is 1.09. The van der Waals surface area contributed by atoms with E-state index in [1.165, 1.54) is 18.3 Å². The van der Waals surface area contributed by atoms with E-state index in [1.54, 1.807) is 6.07 Å². The maximum atomic E-state index is 13.8. The van der Waals surface area contributed by atoms with Crippen molar-refractivity contribution >= 4 is 57.4 Å². The van der Waals surface area contributed by atoms with Gasteiger partial charge in [-0.3, -0.25) is 24.2 Å². The molecule has 9 nitrogen and oxygen atoms in total. The topological polar surface area (TPSA) is 89.1 Å². The highest BCUT2D eigenvalue weighted by atomic mass is 35.5. The summed E-state index contributed by atoms with van der Waals surface area (Å²) in [5, 5.41) is 4.28. The molecule has 3 fully saturated rings. The quantitative estimate of drug-likeness (QED) is 0.346. The maximum absolute atomic E-state index is 13.8. The summed E-state index contributed by atoms with van der Waals surface area (Å²) in [5.74, 6) is -0.0575. The van der Waals surface area contributed by atoms with Crippen molar-refractivity contribution in [2.45, 2.75) is 58.3 Å². The van der Waals surface area contributed by atoms with Gasteiger partial charge in [-0.25, -0.2) is 4.98 Å². The molecule has 0 spiro atoms. The summed E-state index contributed by atoms with van der Waals surface area (Å²) in [7, 11) is 0. The molecule has 6 rings (SSSR count). The summed E-state index contributed by atoms with van der Waals surface area (Å²) in [6.45, 7) is 10.2. The normalized spacial score (nSPS) is 21.8. The van der Waals surface area contributed by atoms with Crippen molar-refractivity contribution in [2.75, 3.05) is 44.6 Å². The minimum atomic E-state index is -0.316. The van der Waals surface area contributed by atoms with E-state index in [-0.39, 0.29) is 23.8 Å². The van der Waals surface area contributed by atoms with Gasteiger partial charge in [0.05, 0.1) is 16.1 Å². The molecule has 2 bridgehead atoms. The number of aromatic nitrogens is 1. The number of hydrogen-bond donors (Lipinski definition) is 1. The van der Waals surface area contributed by atoms with Crippen molar-refractivity contribution in [2.24, 2.45) is 0 Å². The van der Waals surface area contributed by atoms with Crippen LogP contribution in [0.1, 0.15) is 57.7 Å². The molecule has 0 aliphatic carbocycles. The van der Waals surface area contributed by atoms with E-state index in [0.29, 0.717) is 65.4 Å². The number of piperazine rings is 2. The number of nitrogens with one attached hydrogen (secondary N) is 1. The third-order valence-corrected chi connectivity index (χ3v) is 10.7.